The van der Waals surface area contributed by atoms with Crippen LogP contribution in [-0.2, 0) is 11.3 Å². The largest absolute Gasteiger partial charge is 0.573 e. The zero-order valence-corrected chi connectivity index (χ0v) is 20.5. The van der Waals surface area contributed by atoms with Crippen molar-refractivity contribution in [1.82, 2.24) is 9.47 Å². The molecular formula is C22H20ClF7N4O2S. The van der Waals surface area contributed by atoms with Crippen LogP contribution in [0, 0.1) is 5.82 Å². The Balaban J connectivity index is 0.00000380. The van der Waals surface area contributed by atoms with E-state index in [1.807, 2.05) is 0 Å². The third kappa shape index (κ3) is 7.36. The lowest BCUT2D eigenvalue weighted by Crippen LogP contribution is -2.47. The van der Waals surface area contributed by atoms with Crippen molar-refractivity contribution in [2.24, 2.45) is 4.99 Å². The van der Waals surface area contributed by atoms with Crippen molar-refractivity contribution < 1.29 is 40.3 Å². The Kier molecular flexibility index (Phi) is 8.75. The number of piperazine rings is 1. The minimum Gasteiger partial charge on any atom is -0.406 e. The van der Waals surface area contributed by atoms with Gasteiger partial charge in [0.25, 0.3) is 0 Å². The molecule has 1 aliphatic heterocycles. The molecule has 1 saturated heterocycles. The molecule has 6 nitrogen and oxygen atoms in total. The normalized spacial score (nSPS) is 15.6. The molecule has 1 aliphatic rings. The van der Waals surface area contributed by atoms with Gasteiger partial charge in [-0.2, -0.15) is 18.2 Å². The summed E-state index contributed by atoms with van der Waals surface area (Å²) >= 11 is 0.665. The van der Waals surface area contributed by atoms with Gasteiger partial charge in [-0.25, -0.2) is 4.39 Å². The van der Waals surface area contributed by atoms with E-state index in [0.29, 0.717) is 49.6 Å². The van der Waals surface area contributed by atoms with Gasteiger partial charge in [0.05, 0.1) is 10.2 Å². The van der Waals surface area contributed by atoms with Gasteiger partial charge in [-0.3, -0.25) is 9.69 Å². The molecule has 2 aromatic carbocycles. The van der Waals surface area contributed by atoms with Crippen LogP contribution in [0.25, 0.3) is 10.2 Å². The second kappa shape index (κ2) is 11.3. The number of nitrogens with zero attached hydrogens (tertiary/aromatic N) is 4. The fourth-order valence-electron chi connectivity index (χ4n) is 3.83. The smallest absolute Gasteiger partial charge is 0.406 e. The summed E-state index contributed by atoms with van der Waals surface area (Å²) < 4.78 is 94.8. The fraction of sp³-hybridized carbons (Fsp3) is 0.364. The van der Waals surface area contributed by atoms with Crippen molar-refractivity contribution in [2.45, 2.75) is 19.1 Å². The predicted octanol–water partition coefficient (Wildman–Crippen LogP) is 4.97. The van der Waals surface area contributed by atoms with E-state index in [-0.39, 0.29) is 34.3 Å². The number of carbonyl (C=O) groups is 1. The van der Waals surface area contributed by atoms with Crippen LogP contribution in [0.4, 0.5) is 36.4 Å². The summed E-state index contributed by atoms with van der Waals surface area (Å²) in [7, 11) is 0. The van der Waals surface area contributed by atoms with Crippen LogP contribution in [0.3, 0.4) is 0 Å². The molecule has 0 aliphatic carbocycles. The zero-order valence-electron chi connectivity index (χ0n) is 18.9. The van der Waals surface area contributed by atoms with Gasteiger partial charge >= 0.3 is 18.4 Å². The molecular weight excluding hydrogens is 553 g/mol. The van der Waals surface area contributed by atoms with E-state index in [1.165, 1.54) is 22.8 Å². The van der Waals surface area contributed by atoms with Crippen LogP contribution in [0.2, 0.25) is 0 Å². The van der Waals surface area contributed by atoms with Crippen molar-refractivity contribution in [3.05, 3.63) is 53.1 Å². The maximum Gasteiger partial charge on any atom is 0.573 e. The third-order valence-corrected chi connectivity index (χ3v) is 6.57. The van der Waals surface area contributed by atoms with Crippen LogP contribution < -0.4 is 14.4 Å². The standard InChI is InChI=1S/C22H19F7N4O2S.ClH/c23-14-1-3-15(4-2-14)32-10-7-31(8-11-32)9-12-33-17-6-5-16(35-22(27,28)29)13-18(17)36-20(33)30-19(34)21(24,25)26;/h1-6,13H,7-12H2;1H. The molecule has 3 aromatic rings. The van der Waals surface area contributed by atoms with E-state index in [1.54, 1.807) is 12.1 Å². The Labute approximate surface area is 216 Å². The summed E-state index contributed by atoms with van der Waals surface area (Å²) in [5, 5.41) is 0. The first kappa shape index (κ1) is 28.7. The first-order chi connectivity index (χ1) is 16.9. The van der Waals surface area contributed by atoms with Gasteiger partial charge in [0.2, 0.25) is 0 Å². The third-order valence-electron chi connectivity index (χ3n) is 5.53. The highest BCUT2D eigenvalue weighted by Crippen LogP contribution is 2.28. The molecule has 1 fully saturated rings. The van der Waals surface area contributed by atoms with E-state index < -0.39 is 24.2 Å². The summed E-state index contributed by atoms with van der Waals surface area (Å²) in [5.41, 5.74) is 1.20. The van der Waals surface area contributed by atoms with Gasteiger partial charge in [-0.1, -0.05) is 11.3 Å². The molecule has 0 radical (unpaired) electrons. The van der Waals surface area contributed by atoms with Crippen molar-refractivity contribution in [1.29, 1.82) is 0 Å². The van der Waals surface area contributed by atoms with Crippen molar-refractivity contribution in [3.63, 3.8) is 0 Å². The molecule has 15 heteroatoms. The maximum atomic E-state index is 13.2. The zero-order chi connectivity index (χ0) is 26.1. The number of fused-ring (bicyclic) bond motifs is 1. The number of aromatic nitrogens is 1. The monoisotopic (exact) mass is 572 g/mol. The molecule has 1 aromatic heterocycles. The average molecular weight is 573 g/mol. The lowest BCUT2D eigenvalue weighted by atomic mass is 10.2. The minimum absolute atomic E-state index is 0. The SMILES string of the molecule is Cl.O=C(N=c1sc2cc(OC(F)(F)F)ccc2n1CCN1CCN(c2ccc(F)cc2)CC1)C(F)(F)F. The molecule has 4 rings (SSSR count). The molecule has 0 N–H and O–H groups in total. The van der Waals surface area contributed by atoms with E-state index in [0.717, 1.165) is 17.8 Å². The highest BCUT2D eigenvalue weighted by Gasteiger charge is 2.39. The Morgan fingerprint density at radius 3 is 2.19 bits per heavy atom. The molecule has 0 unspecified atom stereocenters. The number of rotatable bonds is 5. The topological polar surface area (TPSA) is 50.1 Å². The number of halogens is 8. The summed E-state index contributed by atoms with van der Waals surface area (Å²) in [6.45, 7) is 3.08. The summed E-state index contributed by atoms with van der Waals surface area (Å²) in [4.78, 5) is 18.6. The molecule has 1 amide bonds. The van der Waals surface area contributed by atoms with Crippen LogP contribution >= 0.6 is 23.7 Å². The fourth-order valence-corrected chi connectivity index (χ4v) is 4.91. The van der Waals surface area contributed by atoms with Crippen LogP contribution in [-0.4, -0.2) is 60.6 Å². The number of thiazole rings is 1. The molecule has 2 heterocycles. The van der Waals surface area contributed by atoms with Crippen LogP contribution in [0.5, 0.6) is 5.75 Å². The minimum atomic E-state index is -5.19. The Morgan fingerprint density at radius 2 is 1.59 bits per heavy atom. The van der Waals surface area contributed by atoms with Gasteiger partial charge < -0.3 is 14.2 Å². The molecule has 202 valence electrons. The molecule has 0 bridgehead atoms. The lowest BCUT2D eigenvalue weighted by molar-refractivity contribution is -0.274. The number of hydrogen-bond acceptors (Lipinski definition) is 5. The first-order valence-corrected chi connectivity index (χ1v) is 11.5. The van der Waals surface area contributed by atoms with Gasteiger partial charge in [0, 0.05) is 45.0 Å². The van der Waals surface area contributed by atoms with Crippen molar-refractivity contribution in [2.75, 3.05) is 37.6 Å². The number of amides is 1. The average Bonchev–Trinajstić information content (AvgIpc) is 3.13. The summed E-state index contributed by atoms with van der Waals surface area (Å²) in [5.74, 6) is -3.17. The number of ether oxygens (including phenoxy) is 1. The van der Waals surface area contributed by atoms with E-state index in [9.17, 15) is 35.5 Å². The van der Waals surface area contributed by atoms with E-state index in [2.05, 4.69) is 19.5 Å². The number of alkyl halides is 6. The van der Waals surface area contributed by atoms with Crippen LogP contribution in [0.1, 0.15) is 0 Å². The summed E-state index contributed by atoms with van der Waals surface area (Å²) in [6, 6.07) is 9.49. The first-order valence-electron chi connectivity index (χ1n) is 10.7. The second-order valence-electron chi connectivity index (χ2n) is 7.93. The van der Waals surface area contributed by atoms with Gasteiger partial charge in [-0.05, 0) is 42.5 Å². The number of anilines is 1. The quantitative estimate of drug-likeness (QED) is 0.405. The Bertz CT molecular complexity index is 1300. The predicted molar refractivity (Wildman–Crippen MR) is 125 cm³/mol. The maximum absolute atomic E-state index is 13.2. The molecule has 37 heavy (non-hydrogen) atoms. The van der Waals surface area contributed by atoms with Gasteiger partial charge in [0.15, 0.2) is 4.80 Å². The highest BCUT2D eigenvalue weighted by molar-refractivity contribution is 7.16. The molecule has 0 spiro atoms. The van der Waals surface area contributed by atoms with E-state index >= 15 is 0 Å². The van der Waals surface area contributed by atoms with Crippen LogP contribution in [0.15, 0.2) is 47.5 Å². The second-order valence-corrected chi connectivity index (χ2v) is 8.94. The van der Waals surface area contributed by atoms with Gasteiger partial charge in [0.1, 0.15) is 11.6 Å². The molecule has 0 saturated carbocycles. The number of carbonyl (C=O) groups excluding carboxylic acids is 1. The molecule has 0 atom stereocenters. The van der Waals surface area contributed by atoms with E-state index in [4.69, 9.17) is 0 Å². The Hall–Kier alpha value is -2.84. The van der Waals surface area contributed by atoms with Gasteiger partial charge in [-0.15, -0.1) is 25.6 Å². The number of hydrogen-bond donors (Lipinski definition) is 0. The lowest BCUT2D eigenvalue weighted by Gasteiger charge is -2.36. The van der Waals surface area contributed by atoms with Crippen molar-refractivity contribution >= 4 is 45.6 Å². The number of benzene rings is 2. The Morgan fingerprint density at radius 1 is 0.946 bits per heavy atom. The summed E-state index contributed by atoms with van der Waals surface area (Å²) in [6.07, 6.45) is -10.1. The highest BCUT2D eigenvalue weighted by atomic mass is 35.5. The van der Waals surface area contributed by atoms with Crippen molar-refractivity contribution in [3.8, 4) is 5.75 Å².